The van der Waals surface area contributed by atoms with Crippen LogP contribution >= 0.6 is 11.6 Å². The lowest BCUT2D eigenvalue weighted by Crippen LogP contribution is -2.32. The first kappa shape index (κ1) is 13.3. The molecular weight excluding hydrogens is 253 g/mol. The molecule has 0 bridgehead atoms. The molecule has 0 unspecified atom stereocenters. The van der Waals surface area contributed by atoms with Crippen molar-refractivity contribution < 1.29 is 9.18 Å². The van der Waals surface area contributed by atoms with E-state index >= 15 is 0 Å². The molecule has 1 aliphatic rings. The SMILES string of the molecule is O=C(CCCCl)N(Cc1ccccc1F)C1CC1. The second kappa shape index (κ2) is 6.19. The number of benzene rings is 1. The van der Waals surface area contributed by atoms with Gasteiger partial charge in [0, 0.05) is 30.5 Å². The maximum Gasteiger partial charge on any atom is 0.223 e. The Morgan fingerprint density at radius 3 is 2.72 bits per heavy atom. The van der Waals surface area contributed by atoms with Crippen molar-refractivity contribution in [2.75, 3.05) is 5.88 Å². The van der Waals surface area contributed by atoms with Crippen molar-refractivity contribution in [3.8, 4) is 0 Å². The summed E-state index contributed by atoms with van der Waals surface area (Å²) in [7, 11) is 0. The minimum Gasteiger partial charge on any atom is -0.335 e. The highest BCUT2D eigenvalue weighted by molar-refractivity contribution is 6.17. The summed E-state index contributed by atoms with van der Waals surface area (Å²) < 4.78 is 13.6. The topological polar surface area (TPSA) is 20.3 Å². The molecule has 0 aromatic heterocycles. The van der Waals surface area contributed by atoms with Gasteiger partial charge in [0.25, 0.3) is 0 Å². The Balaban J connectivity index is 2.02. The fourth-order valence-corrected chi connectivity index (χ4v) is 2.11. The standard InChI is InChI=1S/C14H17ClFNO/c15-9-3-6-14(18)17(12-7-8-12)10-11-4-1-2-5-13(11)16/h1-2,4-5,12H,3,6-10H2. The Kier molecular flexibility index (Phi) is 4.59. The molecule has 1 aromatic carbocycles. The van der Waals surface area contributed by atoms with E-state index in [1.54, 1.807) is 23.1 Å². The summed E-state index contributed by atoms with van der Waals surface area (Å²) >= 11 is 5.60. The number of rotatable bonds is 6. The quantitative estimate of drug-likeness (QED) is 0.726. The van der Waals surface area contributed by atoms with E-state index in [2.05, 4.69) is 0 Å². The predicted molar refractivity (Wildman–Crippen MR) is 69.9 cm³/mol. The number of amides is 1. The van der Waals surface area contributed by atoms with Crippen LogP contribution in [0.3, 0.4) is 0 Å². The average Bonchev–Trinajstić information content (AvgIpc) is 3.19. The van der Waals surface area contributed by atoms with E-state index in [0.717, 1.165) is 12.8 Å². The van der Waals surface area contributed by atoms with Crippen LogP contribution in [-0.4, -0.2) is 22.7 Å². The van der Waals surface area contributed by atoms with Gasteiger partial charge in [-0.1, -0.05) is 18.2 Å². The van der Waals surface area contributed by atoms with Crippen molar-refractivity contribution in [2.45, 2.75) is 38.3 Å². The van der Waals surface area contributed by atoms with E-state index in [9.17, 15) is 9.18 Å². The van der Waals surface area contributed by atoms with Crippen molar-refractivity contribution in [3.63, 3.8) is 0 Å². The van der Waals surface area contributed by atoms with E-state index in [1.165, 1.54) is 6.07 Å². The van der Waals surface area contributed by atoms with E-state index in [1.807, 2.05) is 0 Å². The van der Waals surface area contributed by atoms with E-state index in [4.69, 9.17) is 11.6 Å². The molecule has 0 spiro atoms. The maximum atomic E-state index is 13.6. The molecule has 0 heterocycles. The third kappa shape index (κ3) is 3.45. The molecule has 18 heavy (non-hydrogen) atoms. The molecule has 0 atom stereocenters. The fourth-order valence-electron chi connectivity index (χ4n) is 1.98. The van der Waals surface area contributed by atoms with Crippen molar-refractivity contribution in [1.29, 1.82) is 0 Å². The van der Waals surface area contributed by atoms with Crippen molar-refractivity contribution in [3.05, 3.63) is 35.6 Å². The van der Waals surface area contributed by atoms with Gasteiger partial charge in [0.15, 0.2) is 0 Å². The third-order valence-electron chi connectivity index (χ3n) is 3.13. The summed E-state index contributed by atoms with van der Waals surface area (Å²) in [6, 6.07) is 6.93. The van der Waals surface area contributed by atoms with Crippen LogP contribution in [0.25, 0.3) is 0 Å². The number of hydrogen-bond acceptors (Lipinski definition) is 1. The Morgan fingerprint density at radius 1 is 1.39 bits per heavy atom. The highest BCUT2D eigenvalue weighted by Gasteiger charge is 2.32. The monoisotopic (exact) mass is 269 g/mol. The molecule has 98 valence electrons. The van der Waals surface area contributed by atoms with Crippen LogP contribution < -0.4 is 0 Å². The molecule has 0 radical (unpaired) electrons. The normalized spacial score (nSPS) is 14.6. The second-order valence-electron chi connectivity index (χ2n) is 4.64. The first-order valence-corrected chi connectivity index (χ1v) is 6.84. The molecule has 2 nitrogen and oxygen atoms in total. The summed E-state index contributed by atoms with van der Waals surface area (Å²) in [6.07, 6.45) is 3.19. The van der Waals surface area contributed by atoms with Crippen LogP contribution in [0.2, 0.25) is 0 Å². The molecule has 0 N–H and O–H groups in total. The number of hydrogen-bond donors (Lipinski definition) is 0. The number of carbonyl (C=O) groups is 1. The predicted octanol–water partition coefficient (Wildman–Crippen LogP) is 3.34. The molecule has 1 fully saturated rings. The van der Waals surface area contributed by atoms with E-state index in [-0.39, 0.29) is 11.7 Å². The highest BCUT2D eigenvalue weighted by atomic mass is 35.5. The summed E-state index contributed by atoms with van der Waals surface area (Å²) in [4.78, 5) is 13.8. The lowest BCUT2D eigenvalue weighted by atomic mass is 10.2. The Hall–Kier alpha value is -1.09. The zero-order valence-electron chi connectivity index (χ0n) is 10.2. The largest absolute Gasteiger partial charge is 0.335 e. The number of nitrogens with zero attached hydrogens (tertiary/aromatic N) is 1. The van der Waals surface area contributed by atoms with Gasteiger partial charge in [-0.15, -0.1) is 11.6 Å². The molecular formula is C14H17ClFNO. The average molecular weight is 270 g/mol. The Morgan fingerprint density at radius 2 is 2.11 bits per heavy atom. The van der Waals surface area contributed by atoms with Crippen LogP contribution in [0, 0.1) is 5.82 Å². The van der Waals surface area contributed by atoms with Gasteiger partial charge < -0.3 is 4.90 Å². The van der Waals surface area contributed by atoms with Gasteiger partial charge >= 0.3 is 0 Å². The minimum absolute atomic E-state index is 0.0846. The van der Waals surface area contributed by atoms with Gasteiger partial charge in [-0.3, -0.25) is 4.79 Å². The molecule has 0 saturated heterocycles. The van der Waals surface area contributed by atoms with Crippen LogP contribution in [-0.2, 0) is 11.3 Å². The molecule has 4 heteroatoms. The summed E-state index contributed by atoms with van der Waals surface area (Å²) in [5.74, 6) is 0.332. The molecule has 0 aliphatic heterocycles. The fraction of sp³-hybridized carbons (Fsp3) is 0.500. The van der Waals surface area contributed by atoms with Gasteiger partial charge in [-0.05, 0) is 25.3 Å². The van der Waals surface area contributed by atoms with Gasteiger partial charge in [-0.25, -0.2) is 4.39 Å². The molecule has 1 aromatic rings. The van der Waals surface area contributed by atoms with Crippen LogP contribution in [0.4, 0.5) is 4.39 Å². The minimum atomic E-state index is -0.242. The number of carbonyl (C=O) groups excluding carboxylic acids is 1. The Bertz CT molecular complexity index is 420. The van der Waals surface area contributed by atoms with Crippen LogP contribution in [0.15, 0.2) is 24.3 Å². The number of halogens is 2. The molecule has 1 aliphatic carbocycles. The van der Waals surface area contributed by atoms with Crippen molar-refractivity contribution in [2.24, 2.45) is 0 Å². The highest BCUT2D eigenvalue weighted by Crippen LogP contribution is 2.29. The van der Waals surface area contributed by atoms with Gasteiger partial charge in [0.05, 0.1) is 0 Å². The molecule has 1 amide bonds. The van der Waals surface area contributed by atoms with Gasteiger partial charge in [-0.2, -0.15) is 0 Å². The van der Waals surface area contributed by atoms with E-state index < -0.39 is 0 Å². The van der Waals surface area contributed by atoms with Crippen LogP contribution in [0.5, 0.6) is 0 Å². The molecule has 1 saturated carbocycles. The second-order valence-corrected chi connectivity index (χ2v) is 5.01. The van der Waals surface area contributed by atoms with Crippen LogP contribution in [0.1, 0.15) is 31.2 Å². The summed E-state index contributed by atoms with van der Waals surface area (Å²) in [5.41, 5.74) is 0.587. The molecule has 2 rings (SSSR count). The zero-order valence-corrected chi connectivity index (χ0v) is 11.0. The first-order chi connectivity index (χ1) is 8.72. The number of alkyl halides is 1. The van der Waals surface area contributed by atoms with E-state index in [0.29, 0.717) is 36.9 Å². The zero-order chi connectivity index (χ0) is 13.0. The van der Waals surface area contributed by atoms with Crippen molar-refractivity contribution in [1.82, 2.24) is 4.90 Å². The van der Waals surface area contributed by atoms with Crippen molar-refractivity contribution >= 4 is 17.5 Å². The third-order valence-corrected chi connectivity index (χ3v) is 3.40. The maximum absolute atomic E-state index is 13.6. The van der Waals surface area contributed by atoms with Gasteiger partial charge in [0.2, 0.25) is 5.91 Å². The first-order valence-electron chi connectivity index (χ1n) is 6.31. The summed E-state index contributed by atoms with van der Waals surface area (Å²) in [6.45, 7) is 0.373. The Labute approximate surface area is 112 Å². The smallest absolute Gasteiger partial charge is 0.223 e. The lowest BCUT2D eigenvalue weighted by molar-refractivity contribution is -0.132. The lowest BCUT2D eigenvalue weighted by Gasteiger charge is -2.22. The van der Waals surface area contributed by atoms with Gasteiger partial charge in [0.1, 0.15) is 5.82 Å². The summed E-state index contributed by atoms with van der Waals surface area (Å²) in [5, 5.41) is 0.